The van der Waals surface area contributed by atoms with Gasteiger partial charge in [0, 0.05) is 73.9 Å². The van der Waals surface area contributed by atoms with Gasteiger partial charge in [0.2, 0.25) is 12.4 Å². The third-order valence-electron chi connectivity index (χ3n) is 6.96. The molecule has 0 bridgehead atoms. The van der Waals surface area contributed by atoms with Crippen molar-refractivity contribution < 1.29 is 8.78 Å². The van der Waals surface area contributed by atoms with Crippen LogP contribution in [0, 0.1) is 18.3 Å². The molecule has 3 fully saturated rings. The fourth-order valence-electron chi connectivity index (χ4n) is 5.20. The van der Waals surface area contributed by atoms with Crippen molar-refractivity contribution in [3.05, 3.63) is 18.0 Å². The third-order valence-corrected chi connectivity index (χ3v) is 7.85. The Bertz CT molecular complexity index is 945. The minimum atomic E-state index is -2.30. The van der Waals surface area contributed by atoms with Crippen molar-refractivity contribution in [2.24, 2.45) is 11.3 Å². The molecule has 0 aromatic carbocycles. The number of aryl methyl sites for hydroxylation is 1. The van der Waals surface area contributed by atoms with Crippen LogP contribution in [0.5, 0.6) is 0 Å². The minimum absolute atomic E-state index is 0.353. The molecule has 31 heavy (non-hydrogen) atoms. The molecule has 5 heterocycles. The lowest BCUT2D eigenvalue weighted by molar-refractivity contribution is 0.00806. The van der Waals surface area contributed by atoms with Crippen LogP contribution >= 0.6 is 11.9 Å². The minimum Gasteiger partial charge on any atom is -0.353 e. The molecule has 0 radical (unpaired) electrons. The number of halogens is 2. The van der Waals surface area contributed by atoms with Crippen LogP contribution in [0.1, 0.15) is 18.5 Å². The van der Waals surface area contributed by atoms with Crippen molar-refractivity contribution >= 4 is 34.6 Å². The Labute approximate surface area is 185 Å². The van der Waals surface area contributed by atoms with Crippen LogP contribution < -0.4 is 15.5 Å². The van der Waals surface area contributed by atoms with E-state index < -0.39 is 12.3 Å². The predicted molar refractivity (Wildman–Crippen MR) is 121 cm³/mol. The summed E-state index contributed by atoms with van der Waals surface area (Å²) in [4.78, 5) is 16.2. The van der Waals surface area contributed by atoms with Gasteiger partial charge in [0.05, 0.1) is 0 Å². The Kier molecular flexibility index (Phi) is 5.64. The lowest BCUT2D eigenvalue weighted by atomic mass is 9.71. The standard InChI is InChI=1S/C21H29F2N7S/c1-13-7-14-8-25-20(27-15-3-5-30(31-2)6-4-15)28-17(14)19(26-13)29-11-21(12-29)10-24-9-16(21)18(22)23/h7-8,15-16,18,24H,3-6,9-12H2,1-2H3,(H,25,27,28). The van der Waals surface area contributed by atoms with E-state index >= 15 is 0 Å². The maximum Gasteiger partial charge on any atom is 0.243 e. The number of aromatic nitrogens is 3. The molecule has 1 unspecified atom stereocenters. The van der Waals surface area contributed by atoms with Gasteiger partial charge in [-0.15, -0.1) is 0 Å². The lowest BCUT2D eigenvalue weighted by Crippen LogP contribution is -2.62. The SMILES string of the molecule is CSN1CCC(Nc2ncc3cc(C)nc(N4CC5(CNCC5C(F)F)C4)c3n2)CC1. The maximum atomic E-state index is 13.5. The molecule has 3 saturated heterocycles. The predicted octanol–water partition coefficient (Wildman–Crippen LogP) is 2.78. The van der Waals surface area contributed by atoms with Gasteiger partial charge in [-0.25, -0.2) is 23.7 Å². The summed E-state index contributed by atoms with van der Waals surface area (Å²) < 4.78 is 29.4. The Balaban J connectivity index is 1.37. The number of nitrogens with zero attached hydrogens (tertiary/aromatic N) is 5. The molecular formula is C21H29F2N7S. The lowest BCUT2D eigenvalue weighted by Gasteiger charge is -2.51. The van der Waals surface area contributed by atoms with Crippen molar-refractivity contribution in [2.75, 3.05) is 55.7 Å². The normalized spacial score (nSPS) is 24.3. The second kappa shape index (κ2) is 8.29. The molecule has 3 aliphatic rings. The molecule has 1 atom stereocenters. The summed E-state index contributed by atoms with van der Waals surface area (Å²) in [7, 11) is 0. The van der Waals surface area contributed by atoms with E-state index in [2.05, 4.69) is 31.1 Å². The summed E-state index contributed by atoms with van der Waals surface area (Å²) >= 11 is 1.79. The number of anilines is 2. The van der Waals surface area contributed by atoms with Crippen molar-refractivity contribution in [2.45, 2.75) is 32.2 Å². The van der Waals surface area contributed by atoms with Gasteiger partial charge in [0.15, 0.2) is 5.82 Å². The van der Waals surface area contributed by atoms with Gasteiger partial charge in [0.25, 0.3) is 0 Å². The van der Waals surface area contributed by atoms with E-state index in [1.165, 1.54) is 0 Å². The number of nitrogens with one attached hydrogen (secondary N) is 2. The molecule has 0 aliphatic carbocycles. The maximum absolute atomic E-state index is 13.5. The van der Waals surface area contributed by atoms with E-state index in [0.29, 0.717) is 38.2 Å². The van der Waals surface area contributed by atoms with Crippen molar-refractivity contribution in [1.29, 1.82) is 0 Å². The summed E-state index contributed by atoms with van der Waals surface area (Å²) in [6.07, 6.45) is 3.77. The number of piperidine rings is 1. The smallest absolute Gasteiger partial charge is 0.243 e. The van der Waals surface area contributed by atoms with Crippen LogP contribution in [0.4, 0.5) is 20.5 Å². The Hall–Kier alpha value is -1.78. The topological polar surface area (TPSA) is 69.2 Å². The van der Waals surface area contributed by atoms with Crippen LogP contribution in [-0.2, 0) is 0 Å². The molecule has 168 valence electrons. The first-order chi connectivity index (χ1) is 15.0. The number of pyridine rings is 1. The molecule has 0 amide bonds. The van der Waals surface area contributed by atoms with Crippen LogP contribution in [0.2, 0.25) is 0 Å². The second-order valence-corrected chi connectivity index (χ2v) is 9.92. The summed E-state index contributed by atoms with van der Waals surface area (Å²) in [6, 6.07) is 2.33. The first-order valence-electron chi connectivity index (χ1n) is 10.9. The van der Waals surface area contributed by atoms with Crippen LogP contribution in [-0.4, -0.2) is 77.2 Å². The Morgan fingerprint density at radius 3 is 2.74 bits per heavy atom. The van der Waals surface area contributed by atoms with E-state index in [1.54, 1.807) is 11.9 Å². The number of hydrogen-bond donors (Lipinski definition) is 2. The molecule has 10 heteroatoms. The zero-order valence-corrected chi connectivity index (χ0v) is 18.8. The number of hydrogen-bond acceptors (Lipinski definition) is 8. The fraction of sp³-hybridized carbons (Fsp3) is 0.667. The molecular weight excluding hydrogens is 420 g/mol. The first kappa shape index (κ1) is 21.1. The highest BCUT2D eigenvalue weighted by atomic mass is 32.2. The quantitative estimate of drug-likeness (QED) is 0.676. The monoisotopic (exact) mass is 449 g/mol. The van der Waals surface area contributed by atoms with Gasteiger partial charge < -0.3 is 15.5 Å². The van der Waals surface area contributed by atoms with Crippen LogP contribution in [0.3, 0.4) is 0 Å². The molecule has 2 aromatic heterocycles. The fourth-order valence-corrected chi connectivity index (χ4v) is 5.78. The third kappa shape index (κ3) is 3.93. The van der Waals surface area contributed by atoms with E-state index in [1.807, 2.05) is 19.2 Å². The summed E-state index contributed by atoms with van der Waals surface area (Å²) in [5, 5.41) is 7.58. The van der Waals surface area contributed by atoms with Crippen molar-refractivity contribution in [3.8, 4) is 0 Å². The number of fused-ring (bicyclic) bond motifs is 1. The zero-order valence-electron chi connectivity index (χ0n) is 17.9. The number of alkyl halides is 2. The zero-order chi connectivity index (χ0) is 21.6. The highest BCUT2D eigenvalue weighted by Crippen LogP contribution is 2.45. The van der Waals surface area contributed by atoms with E-state index in [-0.39, 0.29) is 5.41 Å². The van der Waals surface area contributed by atoms with Gasteiger partial charge in [-0.1, -0.05) is 11.9 Å². The van der Waals surface area contributed by atoms with Crippen molar-refractivity contribution in [1.82, 2.24) is 24.6 Å². The first-order valence-corrected chi connectivity index (χ1v) is 12.1. The second-order valence-electron chi connectivity index (χ2n) is 9.04. The summed E-state index contributed by atoms with van der Waals surface area (Å²) in [5.41, 5.74) is 1.30. The highest BCUT2D eigenvalue weighted by Gasteiger charge is 2.55. The Morgan fingerprint density at radius 1 is 1.26 bits per heavy atom. The van der Waals surface area contributed by atoms with Gasteiger partial charge >= 0.3 is 0 Å². The number of rotatable bonds is 5. The van der Waals surface area contributed by atoms with Gasteiger partial charge in [-0.2, -0.15) is 0 Å². The summed E-state index contributed by atoms with van der Waals surface area (Å²) in [5.74, 6) is 0.798. The molecule has 5 rings (SSSR count). The molecule has 0 saturated carbocycles. The van der Waals surface area contributed by atoms with Crippen LogP contribution in [0.25, 0.3) is 10.9 Å². The van der Waals surface area contributed by atoms with E-state index in [9.17, 15) is 8.78 Å². The largest absolute Gasteiger partial charge is 0.353 e. The molecule has 3 aliphatic heterocycles. The average Bonchev–Trinajstić information content (AvgIpc) is 3.19. The molecule has 2 N–H and O–H groups in total. The summed E-state index contributed by atoms with van der Waals surface area (Å²) in [6.45, 7) is 6.24. The average molecular weight is 450 g/mol. The van der Waals surface area contributed by atoms with Gasteiger partial charge in [-0.3, -0.25) is 4.31 Å². The molecule has 7 nitrogen and oxygen atoms in total. The van der Waals surface area contributed by atoms with Gasteiger partial charge in [0.1, 0.15) is 5.52 Å². The molecule has 1 spiro atoms. The van der Waals surface area contributed by atoms with E-state index in [4.69, 9.17) is 9.97 Å². The van der Waals surface area contributed by atoms with E-state index in [0.717, 1.165) is 48.3 Å². The Morgan fingerprint density at radius 2 is 2.03 bits per heavy atom. The van der Waals surface area contributed by atoms with Crippen LogP contribution in [0.15, 0.2) is 12.3 Å². The highest BCUT2D eigenvalue weighted by molar-refractivity contribution is 7.96. The molecule has 2 aromatic rings. The van der Waals surface area contributed by atoms with Gasteiger partial charge in [-0.05, 0) is 32.1 Å². The van der Waals surface area contributed by atoms with Crippen molar-refractivity contribution in [3.63, 3.8) is 0 Å².